The average molecular weight is 387 g/mol. The Labute approximate surface area is 170 Å². The highest BCUT2D eigenvalue weighted by Gasteiger charge is 2.23. The summed E-state index contributed by atoms with van der Waals surface area (Å²) in [6, 6.07) is 23.8. The molecule has 30 heavy (non-hydrogen) atoms. The first kappa shape index (κ1) is 16.5. The number of nitrogens with two attached hydrogens (primary N) is 2. The molecule has 0 aliphatic carbocycles. The van der Waals surface area contributed by atoms with Gasteiger partial charge in [0.1, 0.15) is 5.65 Å². The van der Waals surface area contributed by atoms with Gasteiger partial charge in [0.05, 0.1) is 22.7 Å². The molecule has 0 radical (unpaired) electrons. The molecule has 6 aromatic rings. The Bertz CT molecular complexity index is 1690. The van der Waals surface area contributed by atoms with E-state index >= 15 is 0 Å². The topological polar surface area (TPSA) is 106 Å². The second kappa shape index (κ2) is 5.75. The largest absolute Gasteiger partial charge is 0.287 e. The molecule has 6 nitrogen and oxygen atoms in total. The normalized spacial score (nSPS) is 11.6. The van der Waals surface area contributed by atoms with Gasteiger partial charge in [-0.3, -0.25) is 15.5 Å². The Morgan fingerprint density at radius 3 is 2.37 bits per heavy atom. The second-order valence-corrected chi connectivity index (χ2v) is 7.26. The van der Waals surface area contributed by atoms with Crippen LogP contribution in [0.15, 0.2) is 66.7 Å². The van der Waals surface area contributed by atoms with Gasteiger partial charge in [-0.1, -0.05) is 54.6 Å². The monoisotopic (exact) mass is 387 g/mol. The van der Waals surface area contributed by atoms with Crippen molar-refractivity contribution in [2.45, 2.75) is 0 Å². The van der Waals surface area contributed by atoms with E-state index in [4.69, 9.17) is 21.1 Å². The molecular formula is C24H15N6+. The third-order valence-corrected chi connectivity index (χ3v) is 5.64. The van der Waals surface area contributed by atoms with Crippen molar-refractivity contribution in [2.75, 3.05) is 0 Å². The van der Waals surface area contributed by atoms with Gasteiger partial charge in [-0.15, -0.1) is 0 Å². The fourth-order valence-corrected chi connectivity index (χ4v) is 4.39. The van der Waals surface area contributed by atoms with Crippen molar-refractivity contribution in [2.24, 2.45) is 5.73 Å². The minimum Gasteiger partial charge on any atom is -0.287 e. The van der Waals surface area contributed by atoms with Gasteiger partial charge in [0.2, 0.25) is 0 Å². The Morgan fingerprint density at radius 1 is 0.867 bits per heavy atom. The van der Waals surface area contributed by atoms with Crippen molar-refractivity contribution in [3.63, 3.8) is 0 Å². The van der Waals surface area contributed by atoms with Crippen molar-refractivity contribution < 1.29 is 5.41 Å². The lowest BCUT2D eigenvalue weighted by molar-refractivity contribution is -0.114. The molecule has 0 saturated carbocycles. The van der Waals surface area contributed by atoms with Gasteiger partial charge in [-0.2, -0.15) is 5.26 Å². The summed E-state index contributed by atoms with van der Waals surface area (Å²) in [4.78, 5) is 9.83. The van der Waals surface area contributed by atoms with Crippen molar-refractivity contribution in [3.8, 4) is 17.5 Å². The molecule has 0 bridgehead atoms. The van der Waals surface area contributed by atoms with Gasteiger partial charge in [0.15, 0.2) is 11.5 Å². The van der Waals surface area contributed by atoms with Crippen LogP contribution in [0.5, 0.6) is 0 Å². The summed E-state index contributed by atoms with van der Waals surface area (Å²) < 4.78 is 2.05. The van der Waals surface area contributed by atoms with Gasteiger partial charge >= 0.3 is 0 Å². The smallest absolute Gasteiger partial charge is 0.271 e. The van der Waals surface area contributed by atoms with Crippen LogP contribution in [0, 0.1) is 11.3 Å². The molecule has 6 heteroatoms. The van der Waals surface area contributed by atoms with Crippen LogP contribution in [-0.4, -0.2) is 20.2 Å². The number of rotatable bonds is 2. The van der Waals surface area contributed by atoms with E-state index in [2.05, 4.69) is 22.6 Å². The summed E-state index contributed by atoms with van der Waals surface area (Å²) in [5.41, 5.74) is 10.5. The molecule has 0 atom stereocenters. The maximum atomic E-state index is 9.75. The van der Waals surface area contributed by atoms with Crippen molar-refractivity contribution in [1.29, 1.82) is 5.26 Å². The number of hydrogen-bond donors (Lipinski definition) is 2. The fraction of sp³-hybridized carbons (Fsp3) is 0. The summed E-state index contributed by atoms with van der Waals surface area (Å²) >= 11 is 0. The van der Waals surface area contributed by atoms with E-state index in [1.54, 1.807) is 0 Å². The van der Waals surface area contributed by atoms with Crippen LogP contribution in [0.25, 0.3) is 49.7 Å². The summed E-state index contributed by atoms with van der Waals surface area (Å²) in [6.07, 6.45) is 0. The highest BCUT2D eigenvalue weighted by Crippen LogP contribution is 2.39. The van der Waals surface area contributed by atoms with Gasteiger partial charge < -0.3 is 0 Å². The standard InChI is InChI=1S/C24H14N6/c25-12-13-6-5-11-18-19(13)24-29-22(16-9-3-2-8-15(16)21(26)27)28-23-17-10-4-1-7-14(17)20(18)30(23)24/h1-11H,(H3,26,27)/p+1. The first-order valence-corrected chi connectivity index (χ1v) is 9.51. The number of nitriles is 1. The van der Waals surface area contributed by atoms with E-state index in [1.807, 2.05) is 54.6 Å². The van der Waals surface area contributed by atoms with E-state index in [0.717, 1.165) is 38.3 Å². The van der Waals surface area contributed by atoms with Crippen LogP contribution in [0.1, 0.15) is 11.1 Å². The summed E-state index contributed by atoms with van der Waals surface area (Å²) in [7, 11) is 0. The molecule has 0 fully saturated rings. The maximum Gasteiger partial charge on any atom is 0.271 e. The maximum absolute atomic E-state index is 9.75. The zero-order chi connectivity index (χ0) is 20.4. The number of amidine groups is 1. The van der Waals surface area contributed by atoms with Gasteiger partial charge in [0, 0.05) is 27.1 Å². The van der Waals surface area contributed by atoms with Gasteiger partial charge in [-0.25, -0.2) is 9.97 Å². The minimum atomic E-state index is 0.213. The molecule has 3 aromatic carbocycles. The SMILES string of the molecule is N#Cc1cccc2c1c1nc(-c3ccccc3C(N)=[NH2+])nc3c4ccccc4c2n31. The van der Waals surface area contributed by atoms with E-state index in [-0.39, 0.29) is 5.84 Å². The molecule has 0 aliphatic rings. The summed E-state index contributed by atoms with van der Waals surface area (Å²) in [5, 5.41) is 19.6. The molecule has 6 rings (SSSR count). The fourth-order valence-electron chi connectivity index (χ4n) is 4.39. The number of benzene rings is 3. The minimum absolute atomic E-state index is 0.213. The zero-order valence-electron chi connectivity index (χ0n) is 15.8. The third-order valence-electron chi connectivity index (χ3n) is 5.64. The molecule has 4 N–H and O–H groups in total. The van der Waals surface area contributed by atoms with Gasteiger partial charge in [0.25, 0.3) is 5.84 Å². The Hall–Kier alpha value is -4.50. The first-order valence-electron chi connectivity index (χ1n) is 9.51. The quantitative estimate of drug-likeness (QED) is 0.352. The molecular weight excluding hydrogens is 372 g/mol. The van der Waals surface area contributed by atoms with Crippen LogP contribution in [-0.2, 0) is 0 Å². The van der Waals surface area contributed by atoms with Crippen LogP contribution in [0.3, 0.4) is 0 Å². The summed E-state index contributed by atoms with van der Waals surface area (Å²) in [6.45, 7) is 0. The molecule has 3 aromatic heterocycles. The highest BCUT2D eigenvalue weighted by molar-refractivity contribution is 6.23. The van der Waals surface area contributed by atoms with Crippen LogP contribution in [0.4, 0.5) is 0 Å². The molecule has 0 unspecified atom stereocenters. The first-order chi connectivity index (χ1) is 14.7. The molecule has 0 aliphatic heterocycles. The van der Waals surface area contributed by atoms with E-state index in [0.29, 0.717) is 22.6 Å². The number of fused-ring (bicyclic) bond motifs is 6. The third kappa shape index (κ3) is 1.98. The molecule has 0 amide bonds. The Kier molecular flexibility index (Phi) is 3.15. The predicted molar refractivity (Wildman–Crippen MR) is 117 cm³/mol. The van der Waals surface area contributed by atoms with Crippen LogP contribution in [0.2, 0.25) is 0 Å². The van der Waals surface area contributed by atoms with E-state index in [9.17, 15) is 5.26 Å². The number of aromatic nitrogens is 3. The van der Waals surface area contributed by atoms with Crippen molar-refractivity contribution in [1.82, 2.24) is 14.4 Å². The number of hydrogen-bond acceptors (Lipinski definition) is 3. The lowest BCUT2D eigenvalue weighted by Crippen LogP contribution is -2.46. The predicted octanol–water partition coefficient (Wildman–Crippen LogP) is 2.63. The van der Waals surface area contributed by atoms with Crippen LogP contribution < -0.4 is 11.1 Å². The summed E-state index contributed by atoms with van der Waals surface area (Å²) in [5.74, 6) is 0.737. The Balaban J connectivity index is 1.89. The van der Waals surface area contributed by atoms with Crippen molar-refractivity contribution in [3.05, 3.63) is 77.9 Å². The van der Waals surface area contributed by atoms with Gasteiger partial charge in [-0.05, 0) is 12.1 Å². The van der Waals surface area contributed by atoms with Crippen LogP contribution >= 0.6 is 0 Å². The van der Waals surface area contributed by atoms with Crippen molar-refractivity contribution >= 4 is 44.2 Å². The highest BCUT2D eigenvalue weighted by atomic mass is 15.1. The number of nitrogens with zero attached hydrogens (tertiary/aromatic N) is 4. The zero-order valence-corrected chi connectivity index (χ0v) is 15.8. The second-order valence-electron chi connectivity index (χ2n) is 7.26. The Morgan fingerprint density at radius 2 is 1.57 bits per heavy atom. The molecule has 0 spiro atoms. The molecule has 0 saturated heterocycles. The molecule has 3 heterocycles. The molecule has 140 valence electrons. The van der Waals surface area contributed by atoms with E-state index < -0.39 is 0 Å². The van der Waals surface area contributed by atoms with E-state index in [1.165, 1.54) is 0 Å². The average Bonchev–Trinajstić information content (AvgIpc) is 3.30. The lowest BCUT2D eigenvalue weighted by Gasteiger charge is -2.06. The lowest BCUT2D eigenvalue weighted by atomic mass is 10.1.